The first-order chi connectivity index (χ1) is 25.9. The molecule has 0 saturated heterocycles. The lowest BCUT2D eigenvalue weighted by atomic mass is 10.1. The lowest BCUT2D eigenvalue weighted by molar-refractivity contribution is -0.189. The number of carbonyl (C=O) groups is 8. The molecule has 0 amide bonds. The molecule has 0 heterocycles. The van der Waals surface area contributed by atoms with Crippen LogP contribution in [0.4, 0.5) is 0 Å². The second-order valence-electron chi connectivity index (χ2n) is 9.99. The number of carbonyl (C=O) groups excluding carboxylic acids is 6. The molecule has 280 valence electrons. The summed E-state index contributed by atoms with van der Waals surface area (Å²) in [6, 6.07) is 20.2. The maximum absolute atomic E-state index is 12.8. The summed E-state index contributed by atoms with van der Waals surface area (Å²) in [5.74, 6) is -10.2. The average molecular weight is 749 g/mol. The van der Waals surface area contributed by atoms with Crippen LogP contribution in [-0.2, 0) is 29.0 Å². The number of hydrogen-bond acceptors (Lipinski definition) is 16. The molecule has 4 aromatic rings. The van der Waals surface area contributed by atoms with Crippen LogP contribution in [0.25, 0.3) is 0 Å². The molecule has 0 aliphatic rings. The van der Waals surface area contributed by atoms with Gasteiger partial charge in [0.15, 0.2) is 0 Å². The zero-order valence-corrected chi connectivity index (χ0v) is 27.6. The number of aliphatic hydroxyl groups is 2. The normalized spacial score (nSPS) is 9.96. The number of rotatable bonds is 12. The lowest BCUT2D eigenvalue weighted by Gasteiger charge is -2.10. The van der Waals surface area contributed by atoms with Gasteiger partial charge in [0.25, 0.3) is 0 Å². The molecule has 0 spiro atoms. The van der Waals surface area contributed by atoms with Crippen LogP contribution < -0.4 is 0 Å². The molecule has 18 heteroatoms. The van der Waals surface area contributed by atoms with Crippen molar-refractivity contribution in [3.8, 4) is 0 Å². The molecule has 0 aliphatic carbocycles. The Balaban J connectivity index is 0.00000186. The van der Waals surface area contributed by atoms with Crippen LogP contribution in [0.2, 0.25) is 0 Å². The van der Waals surface area contributed by atoms with Crippen molar-refractivity contribution in [2.75, 3.05) is 26.4 Å². The van der Waals surface area contributed by atoms with Gasteiger partial charge < -0.3 is 29.9 Å². The first-order valence-electron chi connectivity index (χ1n) is 15.2. The van der Waals surface area contributed by atoms with Gasteiger partial charge in [-0.25, -0.2) is 57.9 Å². The number of hydrogen-bond donors (Lipinski definition) is 4. The van der Waals surface area contributed by atoms with E-state index in [2.05, 4.69) is 19.6 Å². The summed E-state index contributed by atoms with van der Waals surface area (Å²) in [4.78, 5) is 116. The fraction of sp³-hybridized carbons (Fsp3) is 0.111. The van der Waals surface area contributed by atoms with E-state index in [0.717, 1.165) is 30.3 Å². The number of carboxylic acids is 2. The minimum absolute atomic E-state index is 0.125. The molecule has 18 nitrogen and oxygen atoms in total. The van der Waals surface area contributed by atoms with Gasteiger partial charge in [0, 0.05) is 0 Å². The zero-order chi connectivity index (χ0) is 39.6. The Morgan fingerprint density at radius 1 is 0.352 bits per heavy atom. The van der Waals surface area contributed by atoms with Crippen LogP contribution in [-0.4, -0.2) is 94.6 Å². The lowest BCUT2D eigenvalue weighted by Crippen LogP contribution is -2.20. The van der Waals surface area contributed by atoms with E-state index in [1.807, 2.05) is 0 Å². The van der Waals surface area contributed by atoms with Crippen LogP contribution in [0, 0.1) is 0 Å². The number of carboxylic acid groups (broad SMARTS) is 2. The van der Waals surface area contributed by atoms with Crippen molar-refractivity contribution in [3.63, 3.8) is 0 Å². The molecular weight excluding hydrogens is 720 g/mol. The standard InChI is InChI=1S/C34H22O16.C2H6O2/c35-27(36)19-9-1-3-11-21(19)29(39)45-17-18-46-30(40)23-13-5-6-14-24(23)32(42)48-50-34(44)26-16-8-7-15-25(26)33(43)49-47-31(41)22-12-4-2-10-20(22)28(37)38;3-1-2-4/h1-16H,17-18H2,(H,35,36)(H,37,38);3-4H,1-2H2. The van der Waals surface area contributed by atoms with Gasteiger partial charge in [-0.3, -0.25) is 0 Å². The van der Waals surface area contributed by atoms with E-state index in [1.165, 1.54) is 66.7 Å². The summed E-state index contributed by atoms with van der Waals surface area (Å²) in [6.07, 6.45) is 0. The Bertz CT molecular complexity index is 2030. The first kappa shape index (κ1) is 41.0. The van der Waals surface area contributed by atoms with Crippen LogP contribution in [0.5, 0.6) is 0 Å². The molecule has 0 aliphatic heterocycles. The Morgan fingerprint density at radius 2 is 0.556 bits per heavy atom. The first-order valence-corrected chi connectivity index (χ1v) is 15.2. The van der Waals surface area contributed by atoms with Crippen molar-refractivity contribution in [2.24, 2.45) is 0 Å². The van der Waals surface area contributed by atoms with Crippen molar-refractivity contribution in [2.45, 2.75) is 0 Å². The second-order valence-corrected chi connectivity index (χ2v) is 9.99. The number of ether oxygens (including phenoxy) is 2. The van der Waals surface area contributed by atoms with Gasteiger partial charge in [-0.2, -0.15) is 0 Å². The molecule has 0 radical (unpaired) electrons. The molecule has 0 fully saturated rings. The van der Waals surface area contributed by atoms with Crippen molar-refractivity contribution in [1.82, 2.24) is 0 Å². The quantitative estimate of drug-likeness (QED) is 0.0701. The van der Waals surface area contributed by atoms with E-state index in [4.69, 9.17) is 19.7 Å². The monoisotopic (exact) mass is 748 g/mol. The third-order valence-corrected chi connectivity index (χ3v) is 6.52. The van der Waals surface area contributed by atoms with Crippen LogP contribution in [0.3, 0.4) is 0 Å². The molecular formula is C36H28O18. The predicted molar refractivity (Wildman–Crippen MR) is 176 cm³/mol. The van der Waals surface area contributed by atoms with E-state index >= 15 is 0 Å². The molecule has 0 saturated carbocycles. The molecule has 0 atom stereocenters. The highest BCUT2D eigenvalue weighted by atomic mass is 17.2. The van der Waals surface area contributed by atoms with E-state index < -0.39 is 88.8 Å². The number of benzene rings is 4. The average Bonchev–Trinajstić information content (AvgIpc) is 3.20. The summed E-state index contributed by atoms with van der Waals surface area (Å²) >= 11 is 0. The van der Waals surface area contributed by atoms with Crippen LogP contribution >= 0.6 is 0 Å². The highest BCUT2D eigenvalue weighted by molar-refractivity contribution is 6.06. The highest BCUT2D eigenvalue weighted by Gasteiger charge is 2.26. The van der Waals surface area contributed by atoms with Gasteiger partial charge in [-0.1, -0.05) is 48.5 Å². The fourth-order valence-corrected chi connectivity index (χ4v) is 4.13. The summed E-state index contributed by atoms with van der Waals surface area (Å²) < 4.78 is 10.0. The van der Waals surface area contributed by atoms with Crippen LogP contribution in [0.1, 0.15) is 82.9 Å². The predicted octanol–water partition coefficient (Wildman–Crippen LogP) is 2.93. The Kier molecular flexibility index (Phi) is 15.5. The van der Waals surface area contributed by atoms with Crippen molar-refractivity contribution in [1.29, 1.82) is 0 Å². The minimum atomic E-state index is -1.44. The Morgan fingerprint density at radius 3 is 0.796 bits per heavy atom. The van der Waals surface area contributed by atoms with E-state index in [1.54, 1.807) is 0 Å². The Labute approximate surface area is 303 Å². The van der Waals surface area contributed by atoms with Gasteiger partial charge in [0.05, 0.1) is 57.7 Å². The molecule has 4 aromatic carbocycles. The topological polar surface area (TPSA) is 273 Å². The summed E-state index contributed by atoms with van der Waals surface area (Å²) in [7, 11) is 0. The van der Waals surface area contributed by atoms with Gasteiger partial charge >= 0.3 is 47.8 Å². The molecule has 0 aromatic heterocycles. The minimum Gasteiger partial charge on any atom is -0.478 e. The maximum atomic E-state index is 12.8. The number of aliphatic hydroxyl groups excluding tert-OH is 2. The number of esters is 2. The van der Waals surface area contributed by atoms with E-state index in [-0.39, 0.29) is 29.9 Å². The molecule has 0 unspecified atom stereocenters. The second kappa shape index (κ2) is 20.4. The van der Waals surface area contributed by atoms with Crippen LogP contribution in [0.15, 0.2) is 97.1 Å². The third-order valence-electron chi connectivity index (χ3n) is 6.52. The molecule has 54 heavy (non-hydrogen) atoms. The van der Waals surface area contributed by atoms with Gasteiger partial charge in [0.1, 0.15) is 13.2 Å². The SMILES string of the molecule is O=C(O)c1ccccc1C(=O)OCCOC(=O)c1ccccc1C(=O)OOC(=O)c1ccccc1C(=O)OOC(=O)c1ccccc1C(=O)O.OCCO. The van der Waals surface area contributed by atoms with Crippen molar-refractivity contribution in [3.05, 3.63) is 142 Å². The molecule has 4 rings (SSSR count). The highest BCUT2D eigenvalue weighted by Crippen LogP contribution is 2.17. The smallest absolute Gasteiger partial charge is 0.387 e. The fourth-order valence-electron chi connectivity index (χ4n) is 4.13. The third kappa shape index (κ3) is 11.3. The zero-order valence-electron chi connectivity index (χ0n) is 27.6. The summed E-state index contributed by atoms with van der Waals surface area (Å²) in [5, 5.41) is 33.7. The summed E-state index contributed by atoms with van der Waals surface area (Å²) in [6.45, 7) is -1.19. The Hall–Kier alpha value is -7.44. The van der Waals surface area contributed by atoms with E-state index in [9.17, 15) is 48.6 Å². The van der Waals surface area contributed by atoms with Crippen molar-refractivity contribution < 1.29 is 87.8 Å². The largest absolute Gasteiger partial charge is 0.478 e. The van der Waals surface area contributed by atoms with Crippen molar-refractivity contribution >= 4 is 47.8 Å². The summed E-state index contributed by atoms with van der Waals surface area (Å²) in [5.41, 5.74) is -3.06. The maximum Gasteiger partial charge on any atom is 0.387 e. The molecule has 4 N–H and O–H groups in total. The van der Waals surface area contributed by atoms with Gasteiger partial charge in [0.2, 0.25) is 0 Å². The van der Waals surface area contributed by atoms with E-state index in [0.29, 0.717) is 0 Å². The molecule has 0 bridgehead atoms. The van der Waals surface area contributed by atoms with Gasteiger partial charge in [-0.05, 0) is 48.5 Å². The van der Waals surface area contributed by atoms with Gasteiger partial charge in [-0.15, -0.1) is 0 Å². The number of aromatic carboxylic acids is 2.